The average Bonchev–Trinajstić information content (AvgIpc) is 2.27. The minimum Gasteiger partial charge on any atom is -0.478 e. The second-order valence-corrected chi connectivity index (χ2v) is 2.45. The Morgan fingerprint density at radius 3 is 1.71 bits per heavy atom. The molecule has 1 amide bonds. The van der Waals surface area contributed by atoms with E-state index >= 15 is 0 Å². The van der Waals surface area contributed by atoms with E-state index in [0.717, 1.165) is 18.9 Å². The normalized spacial score (nSPS) is 7.71. The van der Waals surface area contributed by atoms with Gasteiger partial charge in [0.1, 0.15) is 0 Å². The molecule has 0 unspecified atom stereocenters. The van der Waals surface area contributed by atoms with Crippen molar-refractivity contribution in [3.63, 3.8) is 0 Å². The van der Waals surface area contributed by atoms with E-state index in [2.05, 4.69) is 17.0 Å². The Labute approximate surface area is 101 Å². The van der Waals surface area contributed by atoms with Crippen LogP contribution in [-0.2, 0) is 9.53 Å². The molecule has 0 aromatic heterocycles. The van der Waals surface area contributed by atoms with Gasteiger partial charge in [-0.2, -0.15) is 0 Å². The van der Waals surface area contributed by atoms with Crippen molar-refractivity contribution in [3.05, 3.63) is 12.7 Å². The molecular formula is C10H21NO6. The third-order valence-corrected chi connectivity index (χ3v) is 1.03. The molecule has 0 rings (SSSR count). The number of unbranched alkanes of at least 4 members (excludes halogenated alkanes) is 1. The number of primary amides is 1. The summed E-state index contributed by atoms with van der Waals surface area (Å²) >= 11 is 0. The lowest BCUT2D eigenvalue weighted by Crippen LogP contribution is -2.11. The van der Waals surface area contributed by atoms with E-state index in [1.807, 2.05) is 0 Å². The Morgan fingerprint density at radius 2 is 1.65 bits per heavy atom. The van der Waals surface area contributed by atoms with Gasteiger partial charge in [0.05, 0.1) is 6.61 Å². The van der Waals surface area contributed by atoms with Gasteiger partial charge in [-0.25, -0.2) is 9.59 Å². The first-order chi connectivity index (χ1) is 7.95. The summed E-state index contributed by atoms with van der Waals surface area (Å²) in [6, 6.07) is 0. The maximum Gasteiger partial charge on any atom is 0.404 e. The van der Waals surface area contributed by atoms with Crippen molar-refractivity contribution in [1.82, 2.24) is 0 Å². The highest BCUT2D eigenvalue weighted by molar-refractivity contribution is 5.78. The first-order valence-corrected chi connectivity index (χ1v) is 4.95. The van der Waals surface area contributed by atoms with E-state index in [9.17, 15) is 9.59 Å². The van der Waals surface area contributed by atoms with Crippen molar-refractivity contribution < 1.29 is 29.6 Å². The van der Waals surface area contributed by atoms with Crippen LogP contribution in [0.3, 0.4) is 0 Å². The zero-order valence-corrected chi connectivity index (χ0v) is 9.96. The van der Waals surface area contributed by atoms with Gasteiger partial charge in [-0.3, -0.25) is 0 Å². The minimum absolute atomic E-state index is 0.195. The molecular weight excluding hydrogens is 230 g/mol. The number of aliphatic carboxylic acids is 1. The Hall–Kier alpha value is -1.60. The number of carbonyl (C=O) groups is 2. The second kappa shape index (κ2) is 19.9. The van der Waals surface area contributed by atoms with Crippen LogP contribution in [0.5, 0.6) is 0 Å². The van der Waals surface area contributed by atoms with Crippen LogP contribution in [0.4, 0.5) is 4.79 Å². The molecule has 0 fully saturated rings. The molecule has 0 saturated heterocycles. The Morgan fingerprint density at radius 1 is 1.29 bits per heavy atom. The molecule has 102 valence electrons. The molecule has 0 radical (unpaired) electrons. The predicted molar refractivity (Wildman–Crippen MR) is 62.4 cm³/mol. The summed E-state index contributed by atoms with van der Waals surface area (Å²) < 4.78 is 4.18. The van der Waals surface area contributed by atoms with E-state index < -0.39 is 12.1 Å². The molecule has 0 saturated carbocycles. The molecule has 0 aliphatic carbocycles. The number of rotatable bonds is 5. The standard InChI is InChI=1S/C4H10O2.C3H7NO2.C3H4O2/c5-3-1-2-4-6;1-2-6-3(4)5;1-2-3(4)5/h5-6H,1-4H2;2H2,1H3,(H2,4,5);2H,1H2,(H,4,5). The van der Waals surface area contributed by atoms with Gasteiger partial charge in [0, 0.05) is 19.3 Å². The number of aliphatic hydroxyl groups is 2. The number of amides is 1. The number of carbonyl (C=O) groups excluding carboxylic acids is 1. The number of hydrogen-bond acceptors (Lipinski definition) is 5. The summed E-state index contributed by atoms with van der Waals surface area (Å²) in [6.45, 7) is 5.41. The van der Waals surface area contributed by atoms with Gasteiger partial charge in [-0.1, -0.05) is 6.58 Å². The lowest BCUT2D eigenvalue weighted by atomic mass is 10.3. The number of carboxylic acid groups (broad SMARTS) is 1. The number of aliphatic hydroxyl groups excluding tert-OH is 2. The van der Waals surface area contributed by atoms with Crippen LogP contribution < -0.4 is 5.73 Å². The van der Waals surface area contributed by atoms with Crippen LogP contribution in [-0.4, -0.2) is 47.2 Å². The van der Waals surface area contributed by atoms with Crippen molar-refractivity contribution >= 4 is 12.1 Å². The summed E-state index contributed by atoms with van der Waals surface area (Å²) in [5.41, 5.74) is 4.54. The molecule has 0 aliphatic heterocycles. The largest absolute Gasteiger partial charge is 0.478 e. The third-order valence-electron chi connectivity index (χ3n) is 1.03. The van der Waals surface area contributed by atoms with Crippen LogP contribution >= 0.6 is 0 Å². The minimum atomic E-state index is -0.981. The summed E-state index contributed by atoms with van der Waals surface area (Å²) in [5.74, 6) is -0.981. The maximum atomic E-state index is 9.60. The fourth-order valence-electron chi connectivity index (χ4n) is 0.366. The zero-order valence-electron chi connectivity index (χ0n) is 9.96. The summed E-state index contributed by atoms with van der Waals surface area (Å²) in [6.07, 6.45) is 1.56. The van der Waals surface area contributed by atoms with E-state index in [1.54, 1.807) is 6.92 Å². The molecule has 0 heterocycles. The van der Waals surface area contributed by atoms with Gasteiger partial charge in [-0.15, -0.1) is 0 Å². The molecule has 5 N–H and O–H groups in total. The van der Waals surface area contributed by atoms with E-state index in [1.165, 1.54) is 0 Å². The number of ether oxygens (including phenoxy) is 1. The summed E-state index contributed by atoms with van der Waals surface area (Å²) in [7, 11) is 0. The molecule has 0 bridgehead atoms. The molecule has 17 heavy (non-hydrogen) atoms. The first-order valence-electron chi connectivity index (χ1n) is 4.95. The van der Waals surface area contributed by atoms with Crippen LogP contribution in [0.2, 0.25) is 0 Å². The fraction of sp³-hybridized carbons (Fsp3) is 0.600. The van der Waals surface area contributed by atoms with Crippen molar-refractivity contribution in [2.24, 2.45) is 5.73 Å². The van der Waals surface area contributed by atoms with Gasteiger partial charge in [0.25, 0.3) is 0 Å². The Balaban J connectivity index is -0.000000174. The quantitative estimate of drug-likeness (QED) is 0.405. The van der Waals surface area contributed by atoms with E-state index in [0.29, 0.717) is 6.61 Å². The smallest absolute Gasteiger partial charge is 0.404 e. The Kier molecular flexibility index (Phi) is 24.3. The van der Waals surface area contributed by atoms with E-state index in [4.69, 9.17) is 15.3 Å². The highest BCUT2D eigenvalue weighted by Gasteiger charge is 1.82. The lowest BCUT2D eigenvalue weighted by molar-refractivity contribution is -0.131. The van der Waals surface area contributed by atoms with Crippen molar-refractivity contribution in [1.29, 1.82) is 0 Å². The lowest BCUT2D eigenvalue weighted by Gasteiger charge is -1.89. The first kappa shape index (κ1) is 20.8. The van der Waals surface area contributed by atoms with Crippen LogP contribution in [0.25, 0.3) is 0 Å². The average molecular weight is 251 g/mol. The predicted octanol–water partition coefficient (Wildman–Crippen LogP) is 0.110. The zero-order chi connectivity index (χ0) is 14.1. The van der Waals surface area contributed by atoms with Crippen molar-refractivity contribution in [3.8, 4) is 0 Å². The molecule has 7 nitrogen and oxygen atoms in total. The second-order valence-electron chi connectivity index (χ2n) is 2.45. The van der Waals surface area contributed by atoms with Crippen LogP contribution in [0.1, 0.15) is 19.8 Å². The third kappa shape index (κ3) is 54.1. The molecule has 0 aromatic carbocycles. The summed E-state index contributed by atoms with van der Waals surface area (Å²) in [4.78, 5) is 18.8. The molecule has 0 aromatic rings. The molecule has 0 spiro atoms. The van der Waals surface area contributed by atoms with Gasteiger partial charge in [0.2, 0.25) is 0 Å². The van der Waals surface area contributed by atoms with Crippen molar-refractivity contribution in [2.45, 2.75) is 19.8 Å². The Bertz CT molecular complexity index is 191. The molecule has 0 atom stereocenters. The number of carboxylic acids is 1. The van der Waals surface area contributed by atoms with Gasteiger partial charge < -0.3 is 25.8 Å². The SMILES string of the molecule is C=CC(=O)O.CCOC(N)=O.OCCCCO. The van der Waals surface area contributed by atoms with Gasteiger partial charge >= 0.3 is 12.1 Å². The molecule has 7 heteroatoms. The number of hydrogen-bond donors (Lipinski definition) is 4. The molecule has 0 aliphatic rings. The topological polar surface area (TPSA) is 130 Å². The fourth-order valence-corrected chi connectivity index (χ4v) is 0.366. The maximum absolute atomic E-state index is 9.60. The summed E-state index contributed by atoms with van der Waals surface area (Å²) in [5, 5.41) is 23.8. The van der Waals surface area contributed by atoms with Crippen LogP contribution in [0, 0.1) is 0 Å². The van der Waals surface area contributed by atoms with E-state index in [-0.39, 0.29) is 13.2 Å². The van der Waals surface area contributed by atoms with Gasteiger partial charge in [0.15, 0.2) is 0 Å². The highest BCUT2D eigenvalue weighted by Crippen LogP contribution is 1.80. The van der Waals surface area contributed by atoms with Gasteiger partial charge in [-0.05, 0) is 19.8 Å². The number of nitrogens with two attached hydrogens (primary N) is 1. The monoisotopic (exact) mass is 251 g/mol. The highest BCUT2D eigenvalue weighted by atomic mass is 16.5. The van der Waals surface area contributed by atoms with Crippen molar-refractivity contribution in [2.75, 3.05) is 19.8 Å². The van der Waals surface area contributed by atoms with Crippen LogP contribution in [0.15, 0.2) is 12.7 Å².